The van der Waals surface area contributed by atoms with Gasteiger partial charge in [0.05, 0.1) is 5.69 Å². The van der Waals surface area contributed by atoms with E-state index in [0.29, 0.717) is 5.95 Å². The lowest BCUT2D eigenvalue weighted by Gasteiger charge is -2.09. The van der Waals surface area contributed by atoms with Crippen LogP contribution in [0.15, 0.2) is 55.0 Å². The molecule has 0 radical (unpaired) electrons. The molecule has 3 rings (SSSR count). The van der Waals surface area contributed by atoms with Gasteiger partial charge in [-0.3, -0.25) is 4.98 Å². The Morgan fingerprint density at radius 2 is 1.73 bits per heavy atom. The van der Waals surface area contributed by atoms with Crippen molar-refractivity contribution in [2.24, 2.45) is 0 Å². The van der Waals surface area contributed by atoms with Crippen LogP contribution in [0.1, 0.15) is 18.1 Å². The van der Waals surface area contributed by atoms with Crippen LogP contribution in [-0.4, -0.2) is 15.0 Å². The second kappa shape index (κ2) is 6.35. The average Bonchev–Trinajstić information content (AvgIpc) is 2.58. The summed E-state index contributed by atoms with van der Waals surface area (Å²) in [7, 11) is 0. The van der Waals surface area contributed by atoms with E-state index in [1.54, 1.807) is 12.4 Å². The lowest BCUT2D eigenvalue weighted by atomic mass is 10.1. The Balaban J connectivity index is 1.88. The van der Waals surface area contributed by atoms with Crippen LogP contribution in [0.2, 0.25) is 0 Å². The average molecular weight is 290 g/mol. The highest BCUT2D eigenvalue weighted by Crippen LogP contribution is 2.22. The zero-order valence-corrected chi connectivity index (χ0v) is 12.7. The Morgan fingerprint density at radius 3 is 2.41 bits per heavy atom. The zero-order valence-electron chi connectivity index (χ0n) is 12.7. The second-order valence-corrected chi connectivity index (χ2v) is 5.14. The summed E-state index contributed by atoms with van der Waals surface area (Å²) in [4.78, 5) is 13.0. The molecule has 0 saturated heterocycles. The molecule has 0 unspecified atom stereocenters. The van der Waals surface area contributed by atoms with Gasteiger partial charge in [-0.05, 0) is 48.7 Å². The highest BCUT2D eigenvalue weighted by molar-refractivity contribution is 5.64. The van der Waals surface area contributed by atoms with Crippen molar-refractivity contribution < 1.29 is 0 Å². The summed E-state index contributed by atoms with van der Waals surface area (Å²) in [5.74, 6) is 0.599. The molecule has 1 aromatic carbocycles. The number of aryl methyl sites for hydroxylation is 2. The number of aromatic nitrogens is 3. The molecule has 0 amide bonds. The number of benzene rings is 1. The van der Waals surface area contributed by atoms with E-state index >= 15 is 0 Å². The Bertz CT molecular complexity index is 752. The summed E-state index contributed by atoms with van der Waals surface area (Å²) < 4.78 is 0. The summed E-state index contributed by atoms with van der Waals surface area (Å²) in [5, 5.41) is 3.25. The molecule has 4 heteroatoms. The molecule has 2 heterocycles. The van der Waals surface area contributed by atoms with Crippen molar-refractivity contribution in [3.05, 3.63) is 66.1 Å². The minimum Gasteiger partial charge on any atom is -0.324 e. The molecule has 0 aliphatic carbocycles. The molecule has 22 heavy (non-hydrogen) atoms. The van der Waals surface area contributed by atoms with Gasteiger partial charge in [0.25, 0.3) is 0 Å². The number of nitrogens with one attached hydrogen (secondary N) is 1. The second-order valence-electron chi connectivity index (χ2n) is 5.14. The number of hydrogen-bond acceptors (Lipinski definition) is 4. The molecular formula is C18H18N4. The van der Waals surface area contributed by atoms with Crippen molar-refractivity contribution in [1.29, 1.82) is 0 Å². The quantitative estimate of drug-likeness (QED) is 0.784. The van der Waals surface area contributed by atoms with Gasteiger partial charge in [0.15, 0.2) is 0 Å². The largest absolute Gasteiger partial charge is 0.324 e. The maximum Gasteiger partial charge on any atom is 0.227 e. The van der Waals surface area contributed by atoms with E-state index in [2.05, 4.69) is 39.3 Å². The Kier molecular flexibility index (Phi) is 4.10. The van der Waals surface area contributed by atoms with Gasteiger partial charge in [0.2, 0.25) is 5.95 Å². The summed E-state index contributed by atoms with van der Waals surface area (Å²) in [6.45, 7) is 4.15. The highest BCUT2D eigenvalue weighted by Gasteiger charge is 2.06. The van der Waals surface area contributed by atoms with Crippen molar-refractivity contribution >= 4 is 11.6 Å². The monoisotopic (exact) mass is 290 g/mol. The van der Waals surface area contributed by atoms with Crippen LogP contribution in [0.3, 0.4) is 0 Å². The first kappa shape index (κ1) is 14.2. The van der Waals surface area contributed by atoms with E-state index in [1.807, 2.05) is 37.4 Å². The van der Waals surface area contributed by atoms with Crippen molar-refractivity contribution in [3.8, 4) is 11.3 Å². The smallest absolute Gasteiger partial charge is 0.227 e. The fraction of sp³-hybridized carbons (Fsp3) is 0.167. The molecule has 0 fully saturated rings. The van der Waals surface area contributed by atoms with Crippen molar-refractivity contribution in [2.75, 3.05) is 5.32 Å². The maximum absolute atomic E-state index is 4.63. The van der Waals surface area contributed by atoms with E-state index in [1.165, 1.54) is 5.56 Å². The molecule has 0 saturated carbocycles. The van der Waals surface area contributed by atoms with Crippen LogP contribution in [0.25, 0.3) is 11.3 Å². The van der Waals surface area contributed by atoms with E-state index in [0.717, 1.165) is 28.9 Å². The molecular weight excluding hydrogens is 272 g/mol. The van der Waals surface area contributed by atoms with Crippen LogP contribution < -0.4 is 5.32 Å². The predicted octanol–water partition coefficient (Wildman–Crippen LogP) is 4.15. The van der Waals surface area contributed by atoms with Crippen LogP contribution in [-0.2, 0) is 6.42 Å². The predicted molar refractivity (Wildman–Crippen MR) is 89.1 cm³/mol. The van der Waals surface area contributed by atoms with Gasteiger partial charge in [0, 0.05) is 29.8 Å². The normalized spacial score (nSPS) is 10.5. The lowest BCUT2D eigenvalue weighted by molar-refractivity contribution is 1.12. The highest BCUT2D eigenvalue weighted by atomic mass is 15.1. The third-order valence-electron chi connectivity index (χ3n) is 3.54. The number of anilines is 2. The lowest BCUT2D eigenvalue weighted by Crippen LogP contribution is -2.00. The van der Waals surface area contributed by atoms with E-state index in [9.17, 15) is 0 Å². The third-order valence-corrected chi connectivity index (χ3v) is 3.54. The number of pyridine rings is 1. The molecule has 0 aliphatic rings. The Morgan fingerprint density at radius 1 is 1.00 bits per heavy atom. The summed E-state index contributed by atoms with van der Waals surface area (Å²) >= 11 is 0. The zero-order chi connectivity index (χ0) is 15.4. The van der Waals surface area contributed by atoms with Gasteiger partial charge in [-0.1, -0.05) is 19.1 Å². The van der Waals surface area contributed by atoms with Crippen LogP contribution in [0.5, 0.6) is 0 Å². The Hall–Kier alpha value is -2.75. The molecule has 0 aliphatic heterocycles. The standard InChI is InChI=1S/C18H18N4/c1-3-14-4-6-16(7-5-14)21-18-20-12-13(2)17(22-18)15-8-10-19-11-9-15/h4-12H,3H2,1-2H3,(H,20,21,22). The Labute approximate surface area is 130 Å². The van der Waals surface area contributed by atoms with Crippen molar-refractivity contribution in [1.82, 2.24) is 15.0 Å². The number of rotatable bonds is 4. The third kappa shape index (κ3) is 3.11. The summed E-state index contributed by atoms with van der Waals surface area (Å²) in [6.07, 6.45) is 6.42. The van der Waals surface area contributed by atoms with E-state index in [4.69, 9.17) is 0 Å². The molecule has 110 valence electrons. The SMILES string of the molecule is CCc1ccc(Nc2ncc(C)c(-c3ccncc3)n2)cc1. The maximum atomic E-state index is 4.63. The van der Waals surface area contributed by atoms with Crippen molar-refractivity contribution in [3.63, 3.8) is 0 Å². The van der Waals surface area contributed by atoms with Crippen molar-refractivity contribution in [2.45, 2.75) is 20.3 Å². The molecule has 0 spiro atoms. The van der Waals surface area contributed by atoms with Crippen LogP contribution in [0.4, 0.5) is 11.6 Å². The van der Waals surface area contributed by atoms with Gasteiger partial charge in [-0.15, -0.1) is 0 Å². The topological polar surface area (TPSA) is 50.7 Å². The van der Waals surface area contributed by atoms with Gasteiger partial charge in [-0.2, -0.15) is 0 Å². The fourth-order valence-electron chi connectivity index (χ4n) is 2.26. The first-order valence-corrected chi connectivity index (χ1v) is 7.36. The summed E-state index contributed by atoms with van der Waals surface area (Å²) in [5.41, 5.74) is 5.30. The van der Waals surface area contributed by atoms with Crippen LogP contribution >= 0.6 is 0 Å². The van der Waals surface area contributed by atoms with E-state index in [-0.39, 0.29) is 0 Å². The van der Waals surface area contributed by atoms with Gasteiger partial charge >= 0.3 is 0 Å². The van der Waals surface area contributed by atoms with Gasteiger partial charge in [0.1, 0.15) is 0 Å². The van der Waals surface area contributed by atoms with E-state index < -0.39 is 0 Å². The molecule has 1 N–H and O–H groups in total. The number of hydrogen-bond donors (Lipinski definition) is 1. The number of nitrogens with zero attached hydrogens (tertiary/aromatic N) is 3. The molecule has 0 atom stereocenters. The molecule has 2 aromatic heterocycles. The molecule has 0 bridgehead atoms. The minimum absolute atomic E-state index is 0.599. The first-order valence-electron chi connectivity index (χ1n) is 7.36. The molecule has 3 aromatic rings. The first-order chi connectivity index (χ1) is 10.8. The summed E-state index contributed by atoms with van der Waals surface area (Å²) in [6, 6.07) is 12.2. The van der Waals surface area contributed by atoms with Gasteiger partial charge < -0.3 is 5.32 Å². The minimum atomic E-state index is 0.599. The van der Waals surface area contributed by atoms with Gasteiger partial charge in [-0.25, -0.2) is 9.97 Å². The fourth-order valence-corrected chi connectivity index (χ4v) is 2.26. The van der Waals surface area contributed by atoms with Crippen LogP contribution in [0, 0.1) is 6.92 Å². The molecule has 4 nitrogen and oxygen atoms in total.